The summed E-state index contributed by atoms with van der Waals surface area (Å²) in [4.78, 5) is 37.4. The van der Waals surface area contributed by atoms with Gasteiger partial charge < -0.3 is 28.5 Å². The fourth-order valence-corrected chi connectivity index (χ4v) is 7.71. The zero-order valence-electron chi connectivity index (χ0n) is 48.4. The predicted molar refractivity (Wildman–Crippen MR) is 318 cm³/mol. The van der Waals surface area contributed by atoms with Gasteiger partial charge in [-0.1, -0.05) is 225 Å². The molecule has 75 heavy (non-hydrogen) atoms. The van der Waals surface area contributed by atoms with Crippen molar-refractivity contribution in [2.24, 2.45) is 0 Å². The van der Waals surface area contributed by atoms with Crippen LogP contribution in [0.15, 0.2) is 122 Å². The average Bonchev–Trinajstić information content (AvgIpc) is 3.38. The number of esters is 2. The standard InChI is InChI=1S/C66H109NO8/c1-6-8-10-12-14-16-18-20-22-23-24-25-26-27-28-29-30-31-32-33-34-35-36-37-38-39-40-41-43-45-47-49-51-53-55-57-64(69)75-62(61-74-66(65(70)71)72-59-58-67(3,4)5)60-73-63(68)56-54-52-50-48-46-44-42-21-19-17-15-13-11-9-7-2/h8-11,14-17,20-22,24-25,27-28,30-31,33-34,42,62,66H,6-7,12-13,18-19,23,26,29,32,35-41,43-61H2,1-5H3/p+1/b10-8-,11-9-,16-14-,17-15-,22-20-,25-24-,28-27-,31-30-,34-33-,42-21-. The molecule has 0 aliphatic carbocycles. The van der Waals surface area contributed by atoms with Crippen molar-refractivity contribution in [3.63, 3.8) is 0 Å². The van der Waals surface area contributed by atoms with Crippen LogP contribution < -0.4 is 0 Å². The van der Waals surface area contributed by atoms with E-state index in [9.17, 15) is 19.5 Å². The van der Waals surface area contributed by atoms with E-state index in [-0.39, 0.29) is 38.6 Å². The number of hydrogen-bond acceptors (Lipinski definition) is 7. The second kappa shape index (κ2) is 55.9. The molecule has 0 amide bonds. The summed E-state index contributed by atoms with van der Waals surface area (Å²) in [5.41, 5.74) is 0. The summed E-state index contributed by atoms with van der Waals surface area (Å²) in [6.07, 6.45) is 75.7. The van der Waals surface area contributed by atoms with E-state index in [1.54, 1.807) is 0 Å². The summed E-state index contributed by atoms with van der Waals surface area (Å²) in [6.45, 7) is 4.61. The van der Waals surface area contributed by atoms with Crippen LogP contribution in [0.4, 0.5) is 0 Å². The predicted octanol–water partition coefficient (Wildman–Crippen LogP) is 17.7. The van der Waals surface area contributed by atoms with Crippen molar-refractivity contribution in [3.8, 4) is 0 Å². The first-order valence-corrected chi connectivity index (χ1v) is 29.7. The Morgan fingerprint density at radius 2 is 0.720 bits per heavy atom. The van der Waals surface area contributed by atoms with E-state index in [2.05, 4.69) is 135 Å². The van der Waals surface area contributed by atoms with Gasteiger partial charge in [-0.25, -0.2) is 4.79 Å². The van der Waals surface area contributed by atoms with Gasteiger partial charge in [0.15, 0.2) is 6.10 Å². The molecule has 1 N–H and O–H groups in total. The maximum absolute atomic E-state index is 12.9. The molecule has 9 heteroatoms. The lowest BCUT2D eigenvalue weighted by Crippen LogP contribution is -2.40. The van der Waals surface area contributed by atoms with Crippen molar-refractivity contribution >= 4 is 17.9 Å². The Hall–Kier alpha value is -4.31. The Kier molecular flexibility index (Phi) is 52.7. The smallest absolute Gasteiger partial charge is 0.361 e. The first kappa shape index (κ1) is 70.7. The number of carboxylic acids is 1. The van der Waals surface area contributed by atoms with Gasteiger partial charge in [-0.05, 0) is 103 Å². The molecule has 0 heterocycles. The van der Waals surface area contributed by atoms with Crippen LogP contribution in [-0.4, -0.2) is 87.4 Å². The average molecular weight is 1050 g/mol. The van der Waals surface area contributed by atoms with Crippen LogP contribution >= 0.6 is 0 Å². The Bertz CT molecular complexity index is 1640. The number of carbonyl (C=O) groups is 3. The van der Waals surface area contributed by atoms with Gasteiger partial charge >= 0.3 is 17.9 Å². The zero-order valence-corrected chi connectivity index (χ0v) is 48.4. The van der Waals surface area contributed by atoms with Crippen molar-refractivity contribution < 1.29 is 42.9 Å². The minimum absolute atomic E-state index is 0.179. The lowest BCUT2D eigenvalue weighted by atomic mass is 10.0. The van der Waals surface area contributed by atoms with Gasteiger partial charge in [-0.2, -0.15) is 0 Å². The molecular weight excluding hydrogens is 935 g/mol. The van der Waals surface area contributed by atoms with Crippen LogP contribution in [-0.2, 0) is 33.3 Å². The Morgan fingerprint density at radius 3 is 1.07 bits per heavy atom. The van der Waals surface area contributed by atoms with E-state index >= 15 is 0 Å². The summed E-state index contributed by atoms with van der Waals surface area (Å²) in [5, 5.41) is 9.70. The van der Waals surface area contributed by atoms with Crippen molar-refractivity contribution in [2.45, 2.75) is 232 Å². The number of carboxylic acid groups (broad SMARTS) is 1. The minimum Gasteiger partial charge on any atom is -0.477 e. The van der Waals surface area contributed by atoms with Crippen LogP contribution in [0.5, 0.6) is 0 Å². The number of quaternary nitrogens is 1. The van der Waals surface area contributed by atoms with Crippen LogP contribution in [0.25, 0.3) is 0 Å². The normalized spacial score (nSPS) is 13.7. The van der Waals surface area contributed by atoms with Gasteiger partial charge in [-0.15, -0.1) is 0 Å². The van der Waals surface area contributed by atoms with E-state index in [0.717, 1.165) is 122 Å². The quantitative estimate of drug-likeness (QED) is 0.0211. The van der Waals surface area contributed by atoms with Gasteiger partial charge in [0.1, 0.15) is 13.2 Å². The van der Waals surface area contributed by atoms with Crippen molar-refractivity contribution in [3.05, 3.63) is 122 Å². The molecule has 9 nitrogen and oxygen atoms in total. The maximum Gasteiger partial charge on any atom is 0.361 e. The first-order chi connectivity index (χ1) is 36.6. The highest BCUT2D eigenvalue weighted by Crippen LogP contribution is 2.15. The molecule has 0 bridgehead atoms. The third-order valence-corrected chi connectivity index (χ3v) is 12.2. The fourth-order valence-electron chi connectivity index (χ4n) is 7.71. The molecule has 0 saturated heterocycles. The highest BCUT2D eigenvalue weighted by molar-refractivity contribution is 5.71. The van der Waals surface area contributed by atoms with Crippen molar-refractivity contribution in [1.29, 1.82) is 0 Å². The number of likely N-dealkylation sites (N-methyl/N-ethyl adjacent to an activating group) is 1. The van der Waals surface area contributed by atoms with Gasteiger partial charge in [0.25, 0.3) is 6.29 Å². The molecule has 0 spiro atoms. The molecule has 0 radical (unpaired) electrons. The molecule has 0 fully saturated rings. The molecule has 2 atom stereocenters. The van der Waals surface area contributed by atoms with Gasteiger partial charge in [0, 0.05) is 12.8 Å². The largest absolute Gasteiger partial charge is 0.477 e. The maximum atomic E-state index is 12.9. The van der Waals surface area contributed by atoms with Gasteiger partial charge in [0.2, 0.25) is 0 Å². The molecule has 0 aromatic heterocycles. The van der Waals surface area contributed by atoms with Crippen molar-refractivity contribution in [1.82, 2.24) is 0 Å². The number of unbranched alkanes of at least 4 members (excludes halogenated alkanes) is 18. The zero-order chi connectivity index (χ0) is 54.8. The van der Waals surface area contributed by atoms with E-state index in [1.165, 1.54) is 64.2 Å². The summed E-state index contributed by atoms with van der Waals surface area (Å²) in [5.74, 6) is -2.04. The Morgan fingerprint density at radius 1 is 0.400 bits per heavy atom. The van der Waals surface area contributed by atoms with E-state index < -0.39 is 24.3 Å². The molecule has 0 saturated carbocycles. The SMILES string of the molecule is CC/C=C\C/C=C\C/C=C\C/C=C\C/C=C\C/C=C\C/C=C\CCCCCCCCCCCCCCCC(=O)OC(COC(=O)CCCCCCC/C=C\C/C=C\C/C=C\CC)COC(OCC[N+](C)(C)C)C(=O)O. The van der Waals surface area contributed by atoms with Crippen molar-refractivity contribution in [2.75, 3.05) is 47.5 Å². The number of nitrogens with zero attached hydrogens (tertiary/aromatic N) is 1. The lowest BCUT2D eigenvalue weighted by Gasteiger charge is -2.25. The van der Waals surface area contributed by atoms with Crippen LogP contribution in [0.2, 0.25) is 0 Å². The lowest BCUT2D eigenvalue weighted by molar-refractivity contribution is -0.870. The molecule has 0 aliphatic rings. The van der Waals surface area contributed by atoms with Gasteiger partial charge in [0.05, 0.1) is 34.4 Å². The molecule has 0 rings (SSSR count). The highest BCUT2D eigenvalue weighted by Gasteiger charge is 2.25. The Balaban J connectivity index is 4.17. The molecule has 426 valence electrons. The number of allylic oxidation sites excluding steroid dienone is 20. The van der Waals surface area contributed by atoms with E-state index in [1.807, 2.05) is 21.1 Å². The number of rotatable bonds is 53. The van der Waals surface area contributed by atoms with Gasteiger partial charge in [-0.3, -0.25) is 9.59 Å². The second-order valence-corrected chi connectivity index (χ2v) is 20.5. The summed E-state index contributed by atoms with van der Waals surface area (Å²) < 4.78 is 22.8. The summed E-state index contributed by atoms with van der Waals surface area (Å²) >= 11 is 0. The number of hydrogen-bond donors (Lipinski definition) is 1. The fraction of sp³-hybridized carbons (Fsp3) is 0.652. The highest BCUT2D eigenvalue weighted by atomic mass is 16.7. The molecule has 0 aromatic rings. The molecule has 2 unspecified atom stereocenters. The molecular formula is C66H110NO8+. The van der Waals surface area contributed by atoms with E-state index in [4.69, 9.17) is 18.9 Å². The second-order valence-electron chi connectivity index (χ2n) is 20.5. The third kappa shape index (κ3) is 57.2. The van der Waals surface area contributed by atoms with Crippen LogP contribution in [0.1, 0.15) is 219 Å². The molecule has 0 aromatic carbocycles. The number of carbonyl (C=O) groups excluding carboxylic acids is 2. The Labute approximate surface area is 459 Å². The minimum atomic E-state index is -1.52. The van der Waals surface area contributed by atoms with Crippen LogP contribution in [0, 0.1) is 0 Å². The summed E-state index contributed by atoms with van der Waals surface area (Å²) in [7, 11) is 5.95. The molecule has 0 aliphatic heterocycles. The number of ether oxygens (including phenoxy) is 4. The topological polar surface area (TPSA) is 108 Å². The summed E-state index contributed by atoms with van der Waals surface area (Å²) in [6, 6.07) is 0. The monoisotopic (exact) mass is 1040 g/mol. The first-order valence-electron chi connectivity index (χ1n) is 29.7. The van der Waals surface area contributed by atoms with E-state index in [0.29, 0.717) is 17.4 Å². The van der Waals surface area contributed by atoms with Crippen LogP contribution in [0.3, 0.4) is 0 Å². The number of aliphatic carboxylic acids is 1. The third-order valence-electron chi connectivity index (χ3n) is 12.2.